The van der Waals surface area contributed by atoms with E-state index in [0.717, 1.165) is 0 Å². The first-order valence-corrected chi connectivity index (χ1v) is 4.57. The van der Waals surface area contributed by atoms with E-state index in [1.54, 1.807) is 12.3 Å². The molecule has 0 atom stereocenters. The van der Waals surface area contributed by atoms with Crippen LogP contribution < -0.4 is 4.67 Å². The van der Waals surface area contributed by atoms with Crippen LogP contribution in [-0.4, -0.2) is 18.0 Å². The molecule has 74 valence electrons. The fourth-order valence-corrected chi connectivity index (χ4v) is 1.22. The van der Waals surface area contributed by atoms with Gasteiger partial charge in [0.15, 0.2) is 0 Å². The summed E-state index contributed by atoms with van der Waals surface area (Å²) in [5, 5.41) is 9.51. The molecule has 1 aromatic rings. The van der Waals surface area contributed by atoms with Gasteiger partial charge in [0.25, 0.3) is 6.72 Å². The zero-order valence-electron chi connectivity index (χ0n) is 8.91. The summed E-state index contributed by atoms with van der Waals surface area (Å²) in [5.41, 5.74) is 1.97. The topological polar surface area (TPSA) is 34.3 Å². The normalized spacial score (nSPS) is 10.8. The Morgan fingerprint density at radius 2 is 2.00 bits per heavy atom. The molecule has 2 heteroatoms. The molecule has 0 amide bonds. The molecule has 0 aliphatic heterocycles. The molecular weight excluding hydrogens is 174 g/mol. The van der Waals surface area contributed by atoms with E-state index in [-0.39, 0.29) is 11.2 Å². The predicted molar refractivity (Wildman–Crippen MR) is 61.2 cm³/mol. The lowest BCUT2D eigenvalue weighted by Gasteiger charge is -2.19. The number of phenolic OH excluding ortho intramolecular Hbond substituents is 1. The number of aromatic hydroxyl groups is 1. The van der Waals surface area contributed by atoms with Crippen LogP contribution in [-0.2, 0) is 5.41 Å². The highest BCUT2D eigenvalue weighted by molar-refractivity contribution is 5.83. The lowest BCUT2D eigenvalue weighted by molar-refractivity contribution is 0.473. The van der Waals surface area contributed by atoms with Crippen LogP contribution in [0.4, 0.5) is 0 Å². The fourth-order valence-electron chi connectivity index (χ4n) is 1.22. The zero-order valence-corrected chi connectivity index (χ0v) is 8.91. The Hall–Kier alpha value is -1.53. The van der Waals surface area contributed by atoms with Gasteiger partial charge in [-0.2, -0.15) is 0 Å². The summed E-state index contributed by atoms with van der Waals surface area (Å²) in [6.07, 6.45) is 1.56. The second-order valence-corrected chi connectivity index (χ2v) is 4.34. The lowest BCUT2D eigenvalue weighted by atomic mass is 9.86. The smallest absolute Gasteiger partial charge is 0.302 e. The summed E-state index contributed by atoms with van der Waals surface area (Å²) in [4.78, 5) is 0. The highest BCUT2D eigenvalue weighted by Gasteiger charge is 2.15. The number of benzene rings is 1. The van der Waals surface area contributed by atoms with Crippen LogP contribution in [0.5, 0.6) is 5.75 Å². The second kappa shape index (κ2) is 3.69. The molecule has 2 nitrogen and oxygen atoms in total. The lowest BCUT2D eigenvalue weighted by Crippen LogP contribution is -2.11. The van der Waals surface area contributed by atoms with Crippen LogP contribution in [0.3, 0.4) is 0 Å². The Balaban J connectivity index is 3.26. The Bertz CT molecular complexity index is 382. The number of hydrogen-bond acceptors (Lipinski definition) is 1. The molecule has 0 radical (unpaired) electrons. The quantitative estimate of drug-likeness (QED) is 0.532. The van der Waals surface area contributed by atoms with Gasteiger partial charge in [-0.1, -0.05) is 26.8 Å². The molecule has 0 aliphatic rings. The summed E-state index contributed by atoms with van der Waals surface area (Å²) >= 11 is 0. The molecule has 0 spiro atoms. The summed E-state index contributed by atoms with van der Waals surface area (Å²) < 4.78 is 3.65. The SMILES string of the molecule is C=[N+]=Cc1cc(C(C)(C)C)ccc1O. The van der Waals surface area contributed by atoms with Crippen molar-refractivity contribution in [1.82, 2.24) is 4.67 Å². The molecule has 1 aromatic carbocycles. The molecule has 0 saturated heterocycles. The predicted octanol–water partition coefficient (Wildman–Crippen LogP) is 1.88. The summed E-state index contributed by atoms with van der Waals surface area (Å²) in [5.74, 6) is 0.241. The maximum atomic E-state index is 9.51. The highest BCUT2D eigenvalue weighted by atomic mass is 16.3. The van der Waals surface area contributed by atoms with Crippen LogP contribution in [0.15, 0.2) is 18.2 Å². The summed E-state index contributed by atoms with van der Waals surface area (Å²) in [6.45, 7) is 9.76. The maximum Gasteiger partial charge on any atom is 0.302 e. The molecule has 1 rings (SSSR count). The summed E-state index contributed by atoms with van der Waals surface area (Å²) in [6, 6.07) is 5.55. The Labute approximate surface area is 84.7 Å². The number of nitrogens with zero attached hydrogens (tertiary/aromatic N) is 1. The van der Waals surface area contributed by atoms with Gasteiger partial charge in [0.1, 0.15) is 5.75 Å². The van der Waals surface area contributed by atoms with Crippen LogP contribution in [0.25, 0.3) is 0 Å². The average Bonchev–Trinajstić information content (AvgIpc) is 2.07. The van der Waals surface area contributed by atoms with Gasteiger partial charge in [-0.05, 0) is 23.1 Å². The van der Waals surface area contributed by atoms with Crippen molar-refractivity contribution in [2.45, 2.75) is 26.2 Å². The Morgan fingerprint density at radius 1 is 1.36 bits per heavy atom. The first-order chi connectivity index (χ1) is 6.45. The molecular formula is C12H16NO+. The van der Waals surface area contributed by atoms with Crippen molar-refractivity contribution in [2.75, 3.05) is 0 Å². The van der Waals surface area contributed by atoms with Crippen LogP contribution in [0.2, 0.25) is 0 Å². The minimum absolute atomic E-state index is 0.0808. The van der Waals surface area contributed by atoms with Crippen molar-refractivity contribution in [3.8, 4) is 5.75 Å². The molecule has 0 fully saturated rings. The number of hydrogen-bond donors (Lipinski definition) is 1. The molecule has 0 aliphatic carbocycles. The number of phenols is 1. The van der Waals surface area contributed by atoms with Gasteiger partial charge in [0.05, 0.1) is 5.56 Å². The molecule has 0 unspecified atom stereocenters. The van der Waals surface area contributed by atoms with Crippen molar-refractivity contribution in [3.63, 3.8) is 0 Å². The van der Waals surface area contributed by atoms with Crippen LogP contribution in [0.1, 0.15) is 31.9 Å². The van der Waals surface area contributed by atoms with Crippen LogP contribution >= 0.6 is 0 Å². The molecule has 14 heavy (non-hydrogen) atoms. The van der Waals surface area contributed by atoms with Crippen LogP contribution in [0, 0.1) is 0 Å². The minimum atomic E-state index is 0.0808. The molecule has 0 bridgehead atoms. The van der Waals surface area contributed by atoms with Crippen molar-refractivity contribution in [1.29, 1.82) is 0 Å². The van der Waals surface area contributed by atoms with Crippen molar-refractivity contribution in [2.24, 2.45) is 0 Å². The molecule has 0 saturated carbocycles. The summed E-state index contributed by atoms with van der Waals surface area (Å²) in [7, 11) is 0. The molecule has 1 N–H and O–H groups in total. The van der Waals surface area contributed by atoms with Gasteiger partial charge < -0.3 is 5.11 Å². The monoisotopic (exact) mass is 190 g/mol. The van der Waals surface area contributed by atoms with E-state index in [1.165, 1.54) is 5.56 Å². The van der Waals surface area contributed by atoms with E-state index in [9.17, 15) is 5.11 Å². The van der Waals surface area contributed by atoms with Gasteiger partial charge in [-0.3, -0.25) is 0 Å². The van der Waals surface area contributed by atoms with Gasteiger partial charge in [-0.25, -0.2) is 0 Å². The van der Waals surface area contributed by atoms with E-state index in [2.05, 4.69) is 32.2 Å². The third-order valence-corrected chi connectivity index (χ3v) is 2.12. The second-order valence-electron chi connectivity index (χ2n) is 4.34. The third-order valence-electron chi connectivity index (χ3n) is 2.12. The van der Waals surface area contributed by atoms with Crippen molar-refractivity contribution >= 4 is 12.9 Å². The molecule has 0 heterocycles. The Kier molecular flexibility index (Phi) is 2.78. The van der Waals surface area contributed by atoms with E-state index < -0.39 is 0 Å². The van der Waals surface area contributed by atoms with Gasteiger partial charge in [0, 0.05) is 0 Å². The van der Waals surface area contributed by atoms with Gasteiger partial charge >= 0.3 is 6.21 Å². The standard InChI is InChI=1S/C12H15NO/c1-12(2,3)10-5-6-11(14)9(7-10)8-13-4/h5-8H,4H2,1-3H3/p+1. The van der Waals surface area contributed by atoms with Crippen molar-refractivity contribution in [3.05, 3.63) is 29.3 Å². The number of rotatable bonds is 1. The first kappa shape index (κ1) is 10.6. The van der Waals surface area contributed by atoms with E-state index in [1.807, 2.05) is 12.1 Å². The average molecular weight is 190 g/mol. The Morgan fingerprint density at radius 3 is 2.50 bits per heavy atom. The maximum absolute atomic E-state index is 9.51. The van der Waals surface area contributed by atoms with Gasteiger partial charge in [0.2, 0.25) is 0 Å². The van der Waals surface area contributed by atoms with Crippen molar-refractivity contribution < 1.29 is 5.11 Å². The minimum Gasteiger partial charge on any atom is -0.507 e. The highest BCUT2D eigenvalue weighted by Crippen LogP contribution is 2.26. The zero-order chi connectivity index (χ0) is 10.8. The molecule has 0 aromatic heterocycles. The third kappa shape index (κ3) is 2.24. The van der Waals surface area contributed by atoms with E-state index in [4.69, 9.17) is 0 Å². The van der Waals surface area contributed by atoms with E-state index >= 15 is 0 Å². The van der Waals surface area contributed by atoms with Gasteiger partial charge in [-0.15, -0.1) is 4.67 Å². The van der Waals surface area contributed by atoms with E-state index in [0.29, 0.717) is 5.56 Å². The first-order valence-electron chi connectivity index (χ1n) is 4.57. The fraction of sp³-hybridized carbons (Fsp3) is 0.333. The largest absolute Gasteiger partial charge is 0.507 e.